The van der Waals surface area contributed by atoms with Gasteiger partial charge in [0.25, 0.3) is 5.69 Å². The number of nitro benzene ring substituents is 1. The Labute approximate surface area is 111 Å². The van der Waals surface area contributed by atoms with E-state index in [1.54, 1.807) is 18.5 Å². The van der Waals surface area contributed by atoms with E-state index < -0.39 is 0 Å². The van der Waals surface area contributed by atoms with Crippen molar-refractivity contribution < 1.29 is 4.92 Å². The summed E-state index contributed by atoms with van der Waals surface area (Å²) >= 11 is 0. The molecule has 0 fully saturated rings. The smallest absolute Gasteiger partial charge is 0.269 e. The highest BCUT2D eigenvalue weighted by molar-refractivity contribution is 5.32. The van der Waals surface area contributed by atoms with Crippen LogP contribution < -0.4 is 5.32 Å². The zero-order chi connectivity index (χ0) is 13.7. The second kappa shape index (κ2) is 6.10. The topological polar surface area (TPSA) is 73.0 Å². The fourth-order valence-corrected chi connectivity index (χ4v) is 1.79. The maximum atomic E-state index is 10.5. The number of hydrogen-bond donors (Lipinski definition) is 1. The van der Waals surface area contributed by atoms with Gasteiger partial charge in [0.2, 0.25) is 0 Å². The van der Waals surface area contributed by atoms with Gasteiger partial charge in [-0.3, -0.25) is 10.1 Å². The molecule has 0 unspecified atom stereocenters. The van der Waals surface area contributed by atoms with Gasteiger partial charge in [-0.05, 0) is 18.5 Å². The Morgan fingerprint density at radius 2 is 2.11 bits per heavy atom. The van der Waals surface area contributed by atoms with Crippen molar-refractivity contribution in [2.45, 2.75) is 13.0 Å². The molecule has 6 nitrogen and oxygen atoms in total. The summed E-state index contributed by atoms with van der Waals surface area (Å²) in [5, 5.41) is 13.8. The molecule has 1 heterocycles. The number of nitro groups is 1. The molecule has 19 heavy (non-hydrogen) atoms. The van der Waals surface area contributed by atoms with Crippen molar-refractivity contribution in [3.05, 3.63) is 58.2 Å². The van der Waals surface area contributed by atoms with Crippen molar-refractivity contribution in [2.75, 3.05) is 6.54 Å². The van der Waals surface area contributed by atoms with E-state index in [-0.39, 0.29) is 10.6 Å². The summed E-state index contributed by atoms with van der Waals surface area (Å²) in [4.78, 5) is 14.2. The lowest BCUT2D eigenvalue weighted by atomic mass is 10.1. The molecule has 0 atom stereocenters. The van der Waals surface area contributed by atoms with E-state index in [0.717, 1.165) is 30.8 Å². The number of aryl methyl sites for hydroxylation is 1. The molecule has 0 amide bonds. The average Bonchev–Trinajstić information content (AvgIpc) is 2.81. The van der Waals surface area contributed by atoms with E-state index in [0.29, 0.717) is 0 Å². The van der Waals surface area contributed by atoms with Crippen molar-refractivity contribution in [3.8, 4) is 0 Å². The predicted octanol–water partition coefficient (Wildman–Crippen LogP) is 1.66. The SMILES string of the molecule is Cn1cncc1CNCCc1ccc([N+](=O)[O-])cc1. The molecule has 0 aliphatic heterocycles. The molecule has 1 aromatic heterocycles. The summed E-state index contributed by atoms with van der Waals surface area (Å²) in [5.74, 6) is 0. The largest absolute Gasteiger partial charge is 0.337 e. The molecule has 0 saturated heterocycles. The lowest BCUT2D eigenvalue weighted by Crippen LogP contribution is -2.18. The van der Waals surface area contributed by atoms with Crippen LogP contribution in [-0.4, -0.2) is 21.0 Å². The molecule has 6 heteroatoms. The molecule has 2 aromatic rings. The summed E-state index contributed by atoms with van der Waals surface area (Å²) in [6.07, 6.45) is 4.45. The minimum Gasteiger partial charge on any atom is -0.337 e. The van der Waals surface area contributed by atoms with Gasteiger partial charge in [-0.1, -0.05) is 12.1 Å². The summed E-state index contributed by atoms with van der Waals surface area (Å²) < 4.78 is 1.97. The molecule has 1 aromatic carbocycles. The standard InChI is InChI=1S/C13H16N4O2/c1-16-10-15-9-13(16)8-14-7-6-11-2-4-12(5-3-11)17(18)19/h2-5,9-10,14H,6-8H2,1H3. The minimum atomic E-state index is -0.384. The Kier molecular flexibility index (Phi) is 4.25. The van der Waals surface area contributed by atoms with Gasteiger partial charge in [-0.25, -0.2) is 4.98 Å². The summed E-state index contributed by atoms with van der Waals surface area (Å²) in [7, 11) is 1.96. The number of imidazole rings is 1. The molecule has 1 N–H and O–H groups in total. The molecular formula is C13H16N4O2. The lowest BCUT2D eigenvalue weighted by molar-refractivity contribution is -0.384. The minimum absolute atomic E-state index is 0.131. The lowest BCUT2D eigenvalue weighted by Gasteiger charge is -2.05. The van der Waals surface area contributed by atoms with Gasteiger partial charge < -0.3 is 9.88 Å². The van der Waals surface area contributed by atoms with E-state index in [1.807, 2.05) is 17.8 Å². The average molecular weight is 260 g/mol. The Morgan fingerprint density at radius 3 is 2.68 bits per heavy atom. The predicted molar refractivity (Wildman–Crippen MR) is 71.7 cm³/mol. The molecule has 0 saturated carbocycles. The number of nitrogens with one attached hydrogen (secondary N) is 1. The fourth-order valence-electron chi connectivity index (χ4n) is 1.79. The van der Waals surface area contributed by atoms with Crippen LogP contribution in [0.5, 0.6) is 0 Å². The number of hydrogen-bond acceptors (Lipinski definition) is 4. The normalized spacial score (nSPS) is 10.6. The van der Waals surface area contributed by atoms with Gasteiger partial charge in [0.05, 0.1) is 16.9 Å². The number of rotatable bonds is 6. The molecule has 0 spiro atoms. The third kappa shape index (κ3) is 3.62. The van der Waals surface area contributed by atoms with Crippen LogP contribution in [0.25, 0.3) is 0 Å². The monoisotopic (exact) mass is 260 g/mol. The maximum absolute atomic E-state index is 10.5. The van der Waals surface area contributed by atoms with Crippen LogP contribution in [0.4, 0.5) is 5.69 Å². The summed E-state index contributed by atoms with van der Waals surface area (Å²) in [6, 6.07) is 6.67. The van der Waals surface area contributed by atoms with Crippen LogP contribution in [0.1, 0.15) is 11.3 Å². The molecule has 100 valence electrons. The highest BCUT2D eigenvalue weighted by atomic mass is 16.6. The second-order valence-corrected chi connectivity index (χ2v) is 4.35. The van der Waals surface area contributed by atoms with Crippen LogP contribution in [-0.2, 0) is 20.0 Å². The molecule has 0 aliphatic carbocycles. The summed E-state index contributed by atoms with van der Waals surface area (Å²) in [5.41, 5.74) is 2.35. The van der Waals surface area contributed by atoms with Gasteiger partial charge in [0.15, 0.2) is 0 Å². The van der Waals surface area contributed by atoms with Gasteiger partial charge in [-0.15, -0.1) is 0 Å². The second-order valence-electron chi connectivity index (χ2n) is 4.35. The first-order valence-electron chi connectivity index (χ1n) is 6.06. The van der Waals surface area contributed by atoms with Crippen molar-refractivity contribution >= 4 is 5.69 Å². The Balaban J connectivity index is 1.76. The molecule has 0 aliphatic rings. The third-order valence-corrected chi connectivity index (χ3v) is 2.96. The van der Waals surface area contributed by atoms with Crippen molar-refractivity contribution in [3.63, 3.8) is 0 Å². The van der Waals surface area contributed by atoms with E-state index in [9.17, 15) is 10.1 Å². The quantitative estimate of drug-likeness (QED) is 0.487. The van der Waals surface area contributed by atoms with Crippen LogP contribution in [0.3, 0.4) is 0 Å². The van der Waals surface area contributed by atoms with Crippen molar-refractivity contribution in [1.82, 2.24) is 14.9 Å². The zero-order valence-electron chi connectivity index (χ0n) is 10.7. The highest BCUT2D eigenvalue weighted by Gasteiger charge is 2.03. The van der Waals surface area contributed by atoms with E-state index in [2.05, 4.69) is 10.3 Å². The Hall–Kier alpha value is -2.21. The van der Waals surface area contributed by atoms with E-state index in [1.165, 1.54) is 12.1 Å². The van der Waals surface area contributed by atoms with Gasteiger partial charge in [0, 0.05) is 31.9 Å². The molecule has 0 radical (unpaired) electrons. The first kappa shape index (κ1) is 13.2. The Bertz CT molecular complexity index is 548. The van der Waals surface area contributed by atoms with Crippen LogP contribution in [0, 0.1) is 10.1 Å². The number of non-ortho nitro benzene ring substituents is 1. The highest BCUT2D eigenvalue weighted by Crippen LogP contribution is 2.11. The third-order valence-electron chi connectivity index (χ3n) is 2.96. The van der Waals surface area contributed by atoms with Gasteiger partial charge in [-0.2, -0.15) is 0 Å². The fraction of sp³-hybridized carbons (Fsp3) is 0.308. The number of nitrogens with zero attached hydrogens (tertiary/aromatic N) is 3. The first-order chi connectivity index (χ1) is 9.16. The molecule has 0 bridgehead atoms. The first-order valence-corrected chi connectivity index (χ1v) is 6.06. The summed E-state index contributed by atoms with van der Waals surface area (Å²) in [6.45, 7) is 1.59. The van der Waals surface area contributed by atoms with E-state index >= 15 is 0 Å². The Morgan fingerprint density at radius 1 is 1.37 bits per heavy atom. The molecular weight excluding hydrogens is 244 g/mol. The zero-order valence-corrected chi connectivity index (χ0v) is 10.7. The van der Waals surface area contributed by atoms with Crippen molar-refractivity contribution in [1.29, 1.82) is 0 Å². The van der Waals surface area contributed by atoms with Gasteiger partial charge >= 0.3 is 0 Å². The van der Waals surface area contributed by atoms with Gasteiger partial charge in [0.1, 0.15) is 0 Å². The number of benzene rings is 1. The molecule has 2 rings (SSSR count). The van der Waals surface area contributed by atoms with E-state index in [4.69, 9.17) is 0 Å². The van der Waals surface area contributed by atoms with Crippen LogP contribution in [0.2, 0.25) is 0 Å². The van der Waals surface area contributed by atoms with Crippen LogP contribution >= 0.6 is 0 Å². The van der Waals surface area contributed by atoms with Crippen molar-refractivity contribution in [2.24, 2.45) is 7.05 Å². The number of aromatic nitrogens is 2. The maximum Gasteiger partial charge on any atom is 0.269 e. The van der Waals surface area contributed by atoms with Crippen LogP contribution in [0.15, 0.2) is 36.8 Å².